The third kappa shape index (κ3) is 3.72. The van der Waals surface area contributed by atoms with E-state index in [4.69, 9.17) is 5.73 Å². The highest BCUT2D eigenvalue weighted by Crippen LogP contribution is 2.30. The molecule has 1 aromatic heterocycles. The summed E-state index contributed by atoms with van der Waals surface area (Å²) in [5.74, 6) is -1.20. The number of hydrogen-bond acceptors (Lipinski definition) is 6. The van der Waals surface area contributed by atoms with E-state index < -0.39 is 11.4 Å². The summed E-state index contributed by atoms with van der Waals surface area (Å²) in [5.41, 5.74) is 9.16. The molecule has 2 aromatic carbocycles. The van der Waals surface area contributed by atoms with E-state index in [0.717, 1.165) is 37.6 Å². The number of nitrogens with zero attached hydrogens (tertiary/aromatic N) is 3. The van der Waals surface area contributed by atoms with Gasteiger partial charge in [-0.1, -0.05) is 0 Å². The van der Waals surface area contributed by atoms with Crippen molar-refractivity contribution < 1.29 is 14.7 Å². The summed E-state index contributed by atoms with van der Waals surface area (Å²) in [6, 6.07) is 11.1. The number of nitrogens with two attached hydrogens (primary N) is 1. The molecule has 3 N–H and O–H groups in total. The van der Waals surface area contributed by atoms with E-state index in [9.17, 15) is 19.5 Å². The molecular weight excluding hydrogens is 396 g/mol. The number of carbonyl (C=O) groups is 2. The van der Waals surface area contributed by atoms with Crippen molar-refractivity contribution >= 4 is 39.7 Å². The Morgan fingerprint density at radius 3 is 2.19 bits per heavy atom. The van der Waals surface area contributed by atoms with E-state index in [2.05, 4.69) is 9.80 Å². The molecule has 0 unspecified atom stereocenters. The average molecular weight is 420 g/mol. The van der Waals surface area contributed by atoms with Gasteiger partial charge in [-0.3, -0.25) is 9.59 Å². The number of carboxylic acids is 1. The SMILES string of the molecule is CC(=O)c1ccc(N2CCN(c3cc4c(cc3N)c(=O)c(C(=O)O)cn4C)CC2)cc1. The number of Topliss-reactive ketones (excluding diaryl/α,β-unsaturated/α-hetero) is 1. The van der Waals surface area contributed by atoms with Gasteiger partial charge < -0.3 is 25.2 Å². The third-order valence-electron chi connectivity index (χ3n) is 5.83. The number of pyridine rings is 1. The number of benzene rings is 2. The summed E-state index contributed by atoms with van der Waals surface area (Å²) in [6.45, 7) is 4.61. The molecule has 2 heterocycles. The Bertz CT molecular complexity index is 1240. The number of aromatic carboxylic acids is 1. The van der Waals surface area contributed by atoms with Crippen molar-refractivity contribution in [2.24, 2.45) is 7.05 Å². The highest BCUT2D eigenvalue weighted by atomic mass is 16.4. The minimum absolute atomic E-state index is 0.0491. The molecule has 1 aliphatic heterocycles. The normalized spacial score (nSPS) is 14.1. The first-order chi connectivity index (χ1) is 14.8. The standard InChI is InChI=1S/C23H24N4O4/c1-14(28)15-3-5-16(6-4-15)26-7-9-27(10-8-26)21-12-20-17(11-19(21)24)22(29)18(23(30)31)13-25(20)2/h3-6,11-13H,7-10,24H2,1-2H3,(H,30,31). The number of anilines is 3. The fourth-order valence-electron chi connectivity index (χ4n) is 4.07. The smallest absolute Gasteiger partial charge is 0.341 e. The Labute approximate surface area is 179 Å². The first-order valence-electron chi connectivity index (χ1n) is 10.0. The van der Waals surface area contributed by atoms with Crippen molar-refractivity contribution in [3.63, 3.8) is 0 Å². The van der Waals surface area contributed by atoms with Crippen LogP contribution in [0.5, 0.6) is 0 Å². The number of piperazine rings is 1. The van der Waals surface area contributed by atoms with Gasteiger partial charge in [0.2, 0.25) is 5.43 Å². The van der Waals surface area contributed by atoms with Gasteiger partial charge in [-0.15, -0.1) is 0 Å². The Hall–Kier alpha value is -3.81. The van der Waals surface area contributed by atoms with Crippen molar-refractivity contribution in [2.75, 3.05) is 41.7 Å². The van der Waals surface area contributed by atoms with E-state index in [1.165, 1.54) is 6.20 Å². The second-order valence-corrected chi connectivity index (χ2v) is 7.79. The zero-order valence-electron chi connectivity index (χ0n) is 17.5. The van der Waals surface area contributed by atoms with Gasteiger partial charge in [0.15, 0.2) is 5.78 Å². The van der Waals surface area contributed by atoms with Gasteiger partial charge in [-0.05, 0) is 43.3 Å². The Balaban J connectivity index is 1.59. The van der Waals surface area contributed by atoms with E-state index in [1.54, 1.807) is 24.6 Å². The second-order valence-electron chi connectivity index (χ2n) is 7.79. The van der Waals surface area contributed by atoms with Crippen LogP contribution in [0.1, 0.15) is 27.6 Å². The summed E-state index contributed by atoms with van der Waals surface area (Å²) in [6.07, 6.45) is 1.34. The predicted octanol–water partition coefficient (Wildman–Crippen LogP) is 2.35. The van der Waals surface area contributed by atoms with Crippen LogP contribution in [0.3, 0.4) is 0 Å². The van der Waals surface area contributed by atoms with Crippen molar-refractivity contribution in [3.8, 4) is 0 Å². The zero-order valence-corrected chi connectivity index (χ0v) is 17.5. The lowest BCUT2D eigenvalue weighted by atomic mass is 10.1. The molecule has 8 nitrogen and oxygen atoms in total. The molecule has 0 radical (unpaired) electrons. The molecule has 0 amide bonds. The predicted molar refractivity (Wildman–Crippen MR) is 121 cm³/mol. The van der Waals surface area contributed by atoms with Crippen LogP contribution >= 0.6 is 0 Å². The maximum atomic E-state index is 12.5. The molecule has 4 rings (SSSR count). The summed E-state index contributed by atoms with van der Waals surface area (Å²) in [7, 11) is 1.72. The molecule has 160 valence electrons. The molecule has 31 heavy (non-hydrogen) atoms. The second kappa shape index (κ2) is 7.79. The summed E-state index contributed by atoms with van der Waals surface area (Å²) >= 11 is 0. The average Bonchev–Trinajstić information content (AvgIpc) is 2.76. The summed E-state index contributed by atoms with van der Waals surface area (Å²) in [4.78, 5) is 39.8. The largest absolute Gasteiger partial charge is 0.477 e. The molecule has 1 aliphatic rings. The van der Waals surface area contributed by atoms with E-state index >= 15 is 0 Å². The number of carboxylic acid groups (broad SMARTS) is 1. The van der Waals surface area contributed by atoms with Gasteiger partial charge >= 0.3 is 5.97 Å². The van der Waals surface area contributed by atoms with E-state index in [-0.39, 0.29) is 11.3 Å². The van der Waals surface area contributed by atoms with E-state index in [1.807, 2.05) is 30.3 Å². The lowest BCUT2D eigenvalue weighted by molar-refractivity contribution is 0.0694. The minimum atomic E-state index is -1.25. The number of fused-ring (bicyclic) bond motifs is 1. The van der Waals surface area contributed by atoms with Gasteiger partial charge in [0.1, 0.15) is 5.56 Å². The molecule has 0 saturated carbocycles. The molecule has 0 aliphatic carbocycles. The molecule has 0 spiro atoms. The maximum absolute atomic E-state index is 12.5. The highest BCUT2D eigenvalue weighted by Gasteiger charge is 2.21. The first kappa shape index (κ1) is 20.5. The molecule has 3 aromatic rings. The fraction of sp³-hybridized carbons (Fsp3) is 0.261. The first-order valence-corrected chi connectivity index (χ1v) is 10.0. The van der Waals surface area contributed by atoms with Crippen molar-refractivity contribution in [1.29, 1.82) is 0 Å². The lowest BCUT2D eigenvalue weighted by Gasteiger charge is -2.38. The van der Waals surface area contributed by atoms with Gasteiger partial charge in [0, 0.05) is 56.1 Å². The maximum Gasteiger partial charge on any atom is 0.341 e. The molecule has 0 bridgehead atoms. The van der Waals surface area contributed by atoms with Crippen LogP contribution in [0.4, 0.5) is 17.1 Å². The lowest BCUT2D eigenvalue weighted by Crippen LogP contribution is -2.46. The van der Waals surface area contributed by atoms with E-state index in [0.29, 0.717) is 22.2 Å². The van der Waals surface area contributed by atoms with Gasteiger partial charge in [0.05, 0.1) is 16.9 Å². The summed E-state index contributed by atoms with van der Waals surface area (Å²) < 4.78 is 1.65. The highest BCUT2D eigenvalue weighted by molar-refractivity contribution is 5.96. The Kier molecular flexibility index (Phi) is 5.14. The van der Waals surface area contributed by atoms with Crippen LogP contribution in [0, 0.1) is 0 Å². The van der Waals surface area contributed by atoms with Crippen LogP contribution in [0.25, 0.3) is 10.9 Å². The molecule has 0 atom stereocenters. The fourth-order valence-corrected chi connectivity index (χ4v) is 4.07. The molecular formula is C23H24N4O4. The number of aromatic nitrogens is 1. The van der Waals surface area contributed by atoms with Crippen molar-refractivity contribution in [1.82, 2.24) is 4.57 Å². The van der Waals surface area contributed by atoms with Crippen molar-refractivity contribution in [3.05, 3.63) is 63.9 Å². The minimum Gasteiger partial charge on any atom is -0.477 e. The number of hydrogen-bond donors (Lipinski definition) is 2. The number of carbonyl (C=O) groups excluding carboxylic acids is 1. The number of ketones is 1. The van der Waals surface area contributed by atoms with Gasteiger partial charge in [-0.2, -0.15) is 0 Å². The quantitative estimate of drug-likeness (QED) is 0.493. The van der Waals surface area contributed by atoms with Crippen LogP contribution < -0.4 is 21.0 Å². The van der Waals surface area contributed by atoms with Crippen LogP contribution in [0.15, 0.2) is 47.4 Å². The van der Waals surface area contributed by atoms with Crippen LogP contribution in [-0.4, -0.2) is 47.6 Å². The Morgan fingerprint density at radius 2 is 1.61 bits per heavy atom. The molecule has 1 fully saturated rings. The number of nitrogen functional groups attached to an aromatic ring is 1. The number of aryl methyl sites for hydroxylation is 1. The van der Waals surface area contributed by atoms with Gasteiger partial charge in [0.25, 0.3) is 0 Å². The van der Waals surface area contributed by atoms with Gasteiger partial charge in [-0.25, -0.2) is 4.79 Å². The van der Waals surface area contributed by atoms with Crippen LogP contribution in [0.2, 0.25) is 0 Å². The zero-order chi connectivity index (χ0) is 22.3. The van der Waals surface area contributed by atoms with Crippen LogP contribution in [-0.2, 0) is 7.05 Å². The van der Waals surface area contributed by atoms with Crippen molar-refractivity contribution in [2.45, 2.75) is 6.92 Å². The topological polar surface area (TPSA) is 109 Å². The molecule has 8 heteroatoms. The summed E-state index contributed by atoms with van der Waals surface area (Å²) in [5, 5.41) is 9.56. The number of rotatable bonds is 4. The molecule has 1 saturated heterocycles. The third-order valence-corrected chi connectivity index (χ3v) is 5.83. The monoisotopic (exact) mass is 420 g/mol. The Morgan fingerprint density at radius 1 is 1.00 bits per heavy atom.